The van der Waals surface area contributed by atoms with E-state index in [-0.39, 0.29) is 22.0 Å². The van der Waals surface area contributed by atoms with Gasteiger partial charge in [-0.1, -0.05) is 6.42 Å². The topological polar surface area (TPSA) is 58.2 Å². The Labute approximate surface area is 125 Å². The number of halogens is 3. The number of piperidine rings is 1. The number of sulfonamides is 1. The third-order valence-electron chi connectivity index (χ3n) is 3.10. The fraction of sp³-hybridized carbons (Fsp3) is 0.500. The average molecular weight is 369 g/mol. The van der Waals surface area contributed by atoms with Crippen molar-refractivity contribution in [3.63, 3.8) is 0 Å². The Morgan fingerprint density at radius 2 is 2.10 bits per heavy atom. The Morgan fingerprint density at radius 3 is 2.70 bits per heavy atom. The summed E-state index contributed by atoms with van der Waals surface area (Å²) in [5.41, 5.74) is -0.262. The van der Waals surface area contributed by atoms with Crippen LogP contribution in [-0.2, 0) is 10.0 Å². The Balaban J connectivity index is 2.11. The van der Waals surface area contributed by atoms with Crippen molar-refractivity contribution in [2.45, 2.75) is 25.3 Å². The maximum Gasteiger partial charge on any atom is 0.234 e. The number of hydrogen-bond acceptors (Lipinski definition) is 3. The van der Waals surface area contributed by atoms with Gasteiger partial charge >= 0.3 is 0 Å². The summed E-state index contributed by atoms with van der Waals surface area (Å²) in [4.78, 5) is 0. The molecule has 1 aromatic rings. The van der Waals surface area contributed by atoms with E-state index in [9.17, 15) is 17.2 Å². The lowest BCUT2D eigenvalue weighted by molar-refractivity contribution is 0.424. The predicted molar refractivity (Wildman–Crippen MR) is 77.1 cm³/mol. The molecule has 2 N–H and O–H groups in total. The van der Waals surface area contributed by atoms with Crippen LogP contribution in [0.2, 0.25) is 0 Å². The average Bonchev–Trinajstić information content (AvgIpc) is 2.34. The maximum absolute atomic E-state index is 13.6. The molecule has 1 saturated heterocycles. The molecule has 1 unspecified atom stereocenters. The van der Waals surface area contributed by atoms with Gasteiger partial charge in [0.15, 0.2) is 5.82 Å². The maximum atomic E-state index is 13.6. The summed E-state index contributed by atoms with van der Waals surface area (Å²) in [6.07, 6.45) is 2.78. The van der Waals surface area contributed by atoms with Crippen LogP contribution in [0.1, 0.15) is 19.3 Å². The van der Waals surface area contributed by atoms with Crippen LogP contribution in [0, 0.1) is 11.6 Å². The van der Waals surface area contributed by atoms with E-state index in [0.29, 0.717) is 6.07 Å². The van der Waals surface area contributed by atoms with Gasteiger partial charge in [-0.15, -0.1) is 0 Å². The first-order valence-corrected chi connectivity index (χ1v) is 8.70. The Morgan fingerprint density at radius 1 is 1.35 bits per heavy atom. The molecule has 1 atom stereocenters. The van der Waals surface area contributed by atoms with Crippen LogP contribution in [0.3, 0.4) is 0 Å². The predicted octanol–water partition coefficient (Wildman–Crippen LogP) is 2.61. The van der Waals surface area contributed by atoms with Crippen LogP contribution in [0.15, 0.2) is 16.6 Å². The highest BCUT2D eigenvalue weighted by molar-refractivity contribution is 9.10. The van der Waals surface area contributed by atoms with E-state index in [0.717, 1.165) is 31.9 Å². The number of rotatable bonds is 4. The zero-order valence-electron chi connectivity index (χ0n) is 10.6. The lowest BCUT2D eigenvalue weighted by atomic mass is 10.1. The van der Waals surface area contributed by atoms with E-state index in [1.165, 1.54) is 0 Å². The first-order valence-electron chi connectivity index (χ1n) is 6.26. The van der Waals surface area contributed by atoms with Gasteiger partial charge in [0, 0.05) is 16.6 Å². The van der Waals surface area contributed by atoms with Crippen LogP contribution >= 0.6 is 15.9 Å². The van der Waals surface area contributed by atoms with Gasteiger partial charge in [0.1, 0.15) is 5.82 Å². The monoisotopic (exact) mass is 368 g/mol. The Bertz CT molecular complexity index is 566. The van der Waals surface area contributed by atoms with Crippen LogP contribution in [0.25, 0.3) is 0 Å². The van der Waals surface area contributed by atoms with Gasteiger partial charge in [0.2, 0.25) is 10.0 Å². The van der Waals surface area contributed by atoms with Crippen molar-refractivity contribution >= 4 is 31.6 Å². The van der Waals surface area contributed by atoms with Crippen molar-refractivity contribution in [3.05, 3.63) is 28.2 Å². The molecule has 0 aromatic heterocycles. The number of benzene rings is 1. The molecule has 0 radical (unpaired) electrons. The van der Waals surface area contributed by atoms with E-state index < -0.39 is 21.7 Å². The summed E-state index contributed by atoms with van der Waals surface area (Å²) in [7, 11) is -3.70. The van der Waals surface area contributed by atoms with E-state index in [1.54, 1.807) is 0 Å². The SMILES string of the molecule is O=S(=O)(CC1CCCCN1)Nc1c(F)cc(F)cc1Br. The van der Waals surface area contributed by atoms with E-state index in [1.807, 2.05) is 0 Å². The van der Waals surface area contributed by atoms with Crippen molar-refractivity contribution in [1.82, 2.24) is 5.32 Å². The summed E-state index contributed by atoms with van der Waals surface area (Å²) in [5, 5.41) is 3.11. The minimum absolute atomic E-state index is 0.0372. The lowest BCUT2D eigenvalue weighted by Crippen LogP contribution is -2.40. The number of hydrogen-bond donors (Lipinski definition) is 2. The van der Waals surface area contributed by atoms with Gasteiger partial charge in [0.25, 0.3) is 0 Å². The first-order chi connectivity index (χ1) is 9.37. The fourth-order valence-electron chi connectivity index (χ4n) is 2.17. The third kappa shape index (κ3) is 4.13. The van der Waals surface area contributed by atoms with Gasteiger partial charge in [-0.3, -0.25) is 4.72 Å². The molecule has 0 spiro atoms. The Hall–Kier alpha value is -0.730. The molecular weight excluding hydrogens is 354 g/mol. The molecule has 1 aliphatic rings. The van der Waals surface area contributed by atoms with Crippen molar-refractivity contribution in [2.75, 3.05) is 17.0 Å². The van der Waals surface area contributed by atoms with Crippen molar-refractivity contribution in [3.8, 4) is 0 Å². The molecule has 0 amide bonds. The number of nitrogens with one attached hydrogen (secondary N) is 2. The van der Waals surface area contributed by atoms with Crippen molar-refractivity contribution < 1.29 is 17.2 Å². The van der Waals surface area contributed by atoms with Gasteiger partial charge in [-0.2, -0.15) is 0 Å². The zero-order valence-corrected chi connectivity index (χ0v) is 13.0. The minimum Gasteiger partial charge on any atom is -0.313 e. The highest BCUT2D eigenvalue weighted by atomic mass is 79.9. The largest absolute Gasteiger partial charge is 0.313 e. The standard InChI is InChI=1S/C12H15BrF2N2O2S/c13-10-5-8(14)6-11(15)12(10)17-20(18,19)7-9-3-1-2-4-16-9/h5-6,9,16-17H,1-4,7H2. The Kier molecular flexibility index (Phi) is 4.98. The van der Waals surface area contributed by atoms with Crippen LogP contribution in [0.4, 0.5) is 14.5 Å². The molecular formula is C12H15BrF2N2O2S. The zero-order chi connectivity index (χ0) is 14.8. The van der Waals surface area contributed by atoms with Crippen molar-refractivity contribution in [1.29, 1.82) is 0 Å². The van der Waals surface area contributed by atoms with E-state index >= 15 is 0 Å². The molecule has 8 heteroatoms. The molecule has 0 bridgehead atoms. The second kappa shape index (κ2) is 6.36. The fourth-order valence-corrected chi connectivity index (χ4v) is 4.22. The smallest absolute Gasteiger partial charge is 0.234 e. The highest BCUT2D eigenvalue weighted by Crippen LogP contribution is 2.28. The second-order valence-corrected chi connectivity index (χ2v) is 7.40. The molecule has 1 fully saturated rings. The lowest BCUT2D eigenvalue weighted by Gasteiger charge is -2.23. The van der Waals surface area contributed by atoms with Gasteiger partial charge in [-0.05, 0) is 41.4 Å². The molecule has 20 heavy (non-hydrogen) atoms. The minimum atomic E-state index is -3.70. The van der Waals surface area contributed by atoms with Crippen LogP contribution in [-0.4, -0.2) is 26.8 Å². The highest BCUT2D eigenvalue weighted by Gasteiger charge is 2.23. The molecule has 1 heterocycles. The van der Waals surface area contributed by atoms with Crippen molar-refractivity contribution in [2.24, 2.45) is 0 Å². The molecule has 1 aromatic carbocycles. The summed E-state index contributed by atoms with van der Waals surface area (Å²) >= 11 is 2.95. The van der Waals surface area contributed by atoms with E-state index in [4.69, 9.17) is 0 Å². The van der Waals surface area contributed by atoms with Crippen LogP contribution in [0.5, 0.6) is 0 Å². The normalized spacial score (nSPS) is 19.9. The van der Waals surface area contributed by atoms with Gasteiger partial charge < -0.3 is 5.32 Å². The quantitative estimate of drug-likeness (QED) is 0.858. The second-order valence-electron chi connectivity index (χ2n) is 4.77. The van der Waals surface area contributed by atoms with Gasteiger partial charge in [-0.25, -0.2) is 17.2 Å². The first kappa shape index (κ1) is 15.7. The van der Waals surface area contributed by atoms with Gasteiger partial charge in [0.05, 0.1) is 11.4 Å². The summed E-state index contributed by atoms with van der Waals surface area (Å²) in [5.74, 6) is -1.85. The third-order valence-corrected chi connectivity index (χ3v) is 5.08. The molecule has 4 nitrogen and oxygen atoms in total. The summed E-state index contributed by atoms with van der Waals surface area (Å²) in [6, 6.07) is 1.52. The van der Waals surface area contributed by atoms with Crippen LogP contribution < -0.4 is 10.0 Å². The molecule has 1 aliphatic heterocycles. The van der Waals surface area contributed by atoms with E-state index in [2.05, 4.69) is 26.0 Å². The molecule has 2 rings (SSSR count). The number of anilines is 1. The molecule has 0 aliphatic carbocycles. The molecule has 112 valence electrons. The summed E-state index contributed by atoms with van der Waals surface area (Å²) in [6.45, 7) is 0.786. The molecule has 0 saturated carbocycles. The summed E-state index contributed by atoms with van der Waals surface area (Å²) < 4.78 is 52.8.